The number of terminal acetylenes is 1. The van der Waals surface area contributed by atoms with E-state index in [-0.39, 0.29) is 18.1 Å². The summed E-state index contributed by atoms with van der Waals surface area (Å²) in [7, 11) is 0. The Hall–Kier alpha value is -2.54. The minimum absolute atomic E-state index is 0.0589. The lowest BCUT2D eigenvalue weighted by molar-refractivity contribution is -0.121. The van der Waals surface area contributed by atoms with E-state index < -0.39 is 11.7 Å². The van der Waals surface area contributed by atoms with Gasteiger partial charge in [0.25, 0.3) is 0 Å². The first-order valence-corrected chi connectivity index (χ1v) is 9.95. The molecule has 1 aromatic rings. The maximum Gasteiger partial charge on any atom is 0.408 e. The van der Waals surface area contributed by atoms with Crippen molar-refractivity contribution in [2.75, 3.05) is 6.54 Å². The molecule has 0 fully saturated rings. The molecule has 0 saturated carbocycles. The average Bonchev–Trinajstić information content (AvgIpc) is 3.22. The predicted molar refractivity (Wildman–Crippen MR) is 105 cm³/mol. The standard InChI is InChI=1S/C18H26N6O3S/c1-5-6-9-18(23-24-18)10-11-19-13(25)7-8-14-21-22-15(28-14)12-20-16(26)27-17(2,3)4/h1H,6-12H2,2-4H3,(H,19,25)(H,20,26). The first kappa shape index (κ1) is 21.8. The smallest absolute Gasteiger partial charge is 0.408 e. The number of carbonyl (C=O) groups excluding carboxylic acids is 2. The second kappa shape index (κ2) is 9.59. The molecule has 0 aliphatic carbocycles. The largest absolute Gasteiger partial charge is 0.444 e. The highest BCUT2D eigenvalue weighted by atomic mass is 32.1. The Bertz CT molecular complexity index is 756. The van der Waals surface area contributed by atoms with Gasteiger partial charge in [0.15, 0.2) is 5.66 Å². The molecule has 2 heterocycles. The molecule has 0 bridgehead atoms. The zero-order valence-electron chi connectivity index (χ0n) is 16.4. The third-order valence-corrected chi connectivity index (χ3v) is 4.74. The van der Waals surface area contributed by atoms with E-state index >= 15 is 0 Å². The second-order valence-electron chi connectivity index (χ2n) is 7.43. The van der Waals surface area contributed by atoms with Gasteiger partial charge in [-0.25, -0.2) is 4.79 Å². The number of ether oxygens (including phenoxy) is 1. The zero-order valence-corrected chi connectivity index (χ0v) is 17.3. The van der Waals surface area contributed by atoms with Crippen molar-refractivity contribution in [1.82, 2.24) is 20.8 Å². The Kier molecular flexibility index (Phi) is 7.45. The van der Waals surface area contributed by atoms with Gasteiger partial charge in [0.2, 0.25) is 5.91 Å². The Labute approximate surface area is 168 Å². The monoisotopic (exact) mass is 406 g/mol. The van der Waals surface area contributed by atoms with E-state index in [4.69, 9.17) is 11.2 Å². The summed E-state index contributed by atoms with van der Waals surface area (Å²) < 4.78 is 5.16. The van der Waals surface area contributed by atoms with E-state index in [9.17, 15) is 9.59 Å². The van der Waals surface area contributed by atoms with Crippen LogP contribution in [0.15, 0.2) is 10.2 Å². The maximum atomic E-state index is 12.0. The predicted octanol–water partition coefficient (Wildman–Crippen LogP) is 2.58. The number of aromatic nitrogens is 2. The average molecular weight is 407 g/mol. The number of alkyl carbamates (subject to hydrolysis) is 1. The Balaban J connectivity index is 1.62. The summed E-state index contributed by atoms with van der Waals surface area (Å²) in [6.45, 7) is 6.15. The molecule has 0 aromatic carbocycles. The van der Waals surface area contributed by atoms with Gasteiger partial charge in [-0.15, -0.1) is 22.5 Å². The van der Waals surface area contributed by atoms with Crippen molar-refractivity contribution >= 4 is 23.3 Å². The van der Waals surface area contributed by atoms with Crippen LogP contribution in [0.1, 0.15) is 56.5 Å². The quantitative estimate of drug-likeness (QED) is 0.579. The number of aryl methyl sites for hydroxylation is 1. The summed E-state index contributed by atoms with van der Waals surface area (Å²) in [4.78, 5) is 23.6. The van der Waals surface area contributed by atoms with Gasteiger partial charge < -0.3 is 15.4 Å². The van der Waals surface area contributed by atoms with Crippen molar-refractivity contribution in [3.05, 3.63) is 10.0 Å². The van der Waals surface area contributed by atoms with Crippen LogP contribution in [0.3, 0.4) is 0 Å². The summed E-state index contributed by atoms with van der Waals surface area (Å²) in [5, 5.41) is 23.0. The van der Waals surface area contributed by atoms with E-state index in [2.05, 4.69) is 37.0 Å². The van der Waals surface area contributed by atoms with Crippen molar-refractivity contribution in [3.63, 3.8) is 0 Å². The van der Waals surface area contributed by atoms with Gasteiger partial charge in [-0.1, -0.05) is 11.3 Å². The molecule has 0 spiro atoms. The molecule has 0 saturated heterocycles. The molecular formula is C18H26N6O3S. The van der Waals surface area contributed by atoms with Crippen molar-refractivity contribution in [2.45, 2.75) is 70.7 Å². The summed E-state index contributed by atoms with van der Waals surface area (Å²) in [6, 6.07) is 0. The fourth-order valence-electron chi connectivity index (χ4n) is 2.30. The van der Waals surface area contributed by atoms with E-state index in [0.717, 1.165) is 11.4 Å². The molecule has 28 heavy (non-hydrogen) atoms. The molecule has 1 aromatic heterocycles. The molecule has 0 radical (unpaired) electrons. The number of nitrogens with zero attached hydrogens (tertiary/aromatic N) is 4. The van der Waals surface area contributed by atoms with Crippen LogP contribution >= 0.6 is 11.3 Å². The molecule has 1 aliphatic rings. The minimum atomic E-state index is -0.549. The fraction of sp³-hybridized carbons (Fsp3) is 0.667. The van der Waals surface area contributed by atoms with E-state index in [1.54, 1.807) is 20.8 Å². The van der Waals surface area contributed by atoms with Gasteiger partial charge in [0.1, 0.15) is 15.6 Å². The maximum absolute atomic E-state index is 12.0. The normalized spacial score (nSPS) is 14.2. The summed E-state index contributed by atoms with van der Waals surface area (Å²) in [6.07, 6.45) is 7.59. The number of carbonyl (C=O) groups is 2. The van der Waals surface area contributed by atoms with Crippen molar-refractivity contribution in [2.24, 2.45) is 10.2 Å². The van der Waals surface area contributed by atoms with E-state index in [0.29, 0.717) is 37.2 Å². The number of hydrogen-bond donors (Lipinski definition) is 2. The second-order valence-corrected chi connectivity index (χ2v) is 8.58. The van der Waals surface area contributed by atoms with Crippen molar-refractivity contribution < 1.29 is 14.3 Å². The van der Waals surface area contributed by atoms with Crippen LogP contribution in [-0.2, 0) is 22.5 Å². The highest BCUT2D eigenvalue weighted by Crippen LogP contribution is 2.35. The Morgan fingerprint density at radius 1 is 1.18 bits per heavy atom. The lowest BCUT2D eigenvalue weighted by atomic mass is 10.0. The lowest BCUT2D eigenvalue weighted by Gasteiger charge is -2.19. The van der Waals surface area contributed by atoms with Crippen LogP contribution in [0.25, 0.3) is 0 Å². The molecule has 2 amide bonds. The van der Waals surface area contributed by atoms with Crippen LogP contribution in [0.4, 0.5) is 4.79 Å². The number of nitrogens with one attached hydrogen (secondary N) is 2. The molecule has 9 nitrogen and oxygen atoms in total. The van der Waals surface area contributed by atoms with E-state index in [1.807, 2.05) is 0 Å². The fourth-order valence-corrected chi connectivity index (χ4v) is 3.09. The van der Waals surface area contributed by atoms with Crippen molar-refractivity contribution in [3.8, 4) is 12.3 Å². The summed E-state index contributed by atoms with van der Waals surface area (Å²) in [5.41, 5.74) is -0.929. The van der Waals surface area contributed by atoms with Gasteiger partial charge >= 0.3 is 6.09 Å². The number of amides is 2. The Morgan fingerprint density at radius 3 is 2.54 bits per heavy atom. The molecule has 152 valence electrons. The third kappa shape index (κ3) is 8.00. The SMILES string of the molecule is C#CCCC1(CCNC(=O)CCc2nnc(CNC(=O)OC(C)(C)C)s2)N=N1. The Morgan fingerprint density at radius 2 is 1.89 bits per heavy atom. The van der Waals surface area contributed by atoms with Gasteiger partial charge in [-0.2, -0.15) is 10.2 Å². The van der Waals surface area contributed by atoms with Gasteiger partial charge in [0.05, 0.1) is 6.54 Å². The highest BCUT2D eigenvalue weighted by molar-refractivity contribution is 7.11. The van der Waals surface area contributed by atoms with Gasteiger partial charge in [-0.05, 0) is 20.8 Å². The van der Waals surface area contributed by atoms with Crippen LogP contribution in [-0.4, -0.2) is 40.0 Å². The number of hydrogen-bond acceptors (Lipinski definition) is 8. The van der Waals surface area contributed by atoms with Gasteiger partial charge in [0, 0.05) is 38.6 Å². The summed E-state index contributed by atoms with van der Waals surface area (Å²) >= 11 is 1.36. The molecule has 2 N–H and O–H groups in total. The number of rotatable bonds is 10. The molecule has 1 aliphatic heterocycles. The topological polar surface area (TPSA) is 118 Å². The minimum Gasteiger partial charge on any atom is -0.444 e. The zero-order chi connectivity index (χ0) is 20.6. The molecule has 10 heteroatoms. The van der Waals surface area contributed by atoms with Crippen LogP contribution in [0.5, 0.6) is 0 Å². The first-order valence-electron chi connectivity index (χ1n) is 9.14. The van der Waals surface area contributed by atoms with Gasteiger partial charge in [-0.3, -0.25) is 4.79 Å². The third-order valence-electron chi connectivity index (χ3n) is 3.76. The van der Waals surface area contributed by atoms with Crippen LogP contribution < -0.4 is 10.6 Å². The first-order chi connectivity index (χ1) is 13.2. The van der Waals surface area contributed by atoms with Crippen LogP contribution in [0.2, 0.25) is 0 Å². The van der Waals surface area contributed by atoms with Crippen LogP contribution in [0, 0.1) is 12.3 Å². The molecular weight excluding hydrogens is 380 g/mol. The molecule has 2 rings (SSSR count). The van der Waals surface area contributed by atoms with Crippen molar-refractivity contribution in [1.29, 1.82) is 0 Å². The lowest BCUT2D eigenvalue weighted by Crippen LogP contribution is -2.32. The molecule has 0 unspecified atom stereocenters. The molecule has 0 atom stereocenters. The highest BCUT2D eigenvalue weighted by Gasteiger charge is 2.38. The summed E-state index contributed by atoms with van der Waals surface area (Å²) in [5.74, 6) is 2.52. The van der Waals surface area contributed by atoms with E-state index in [1.165, 1.54) is 11.3 Å².